The average Bonchev–Trinajstić information content (AvgIpc) is 2.52. The van der Waals surface area contributed by atoms with Gasteiger partial charge in [0.2, 0.25) is 5.91 Å². The maximum Gasteiger partial charge on any atom is 0.227 e. The molecule has 0 aliphatic rings. The Balaban J connectivity index is 2.10. The Kier molecular flexibility index (Phi) is 5.39. The molecule has 2 aromatic rings. The third-order valence-electron chi connectivity index (χ3n) is 4.01. The first-order valence-electron chi connectivity index (χ1n) is 7.48. The Bertz CT molecular complexity index is 832. The summed E-state index contributed by atoms with van der Waals surface area (Å²) in [6.07, 6.45) is 1.26. The molecule has 0 spiro atoms. The van der Waals surface area contributed by atoms with Gasteiger partial charge in [0.05, 0.1) is 17.4 Å². The first-order valence-corrected chi connectivity index (χ1v) is 9.38. The topological polar surface area (TPSA) is 54.5 Å². The average molecular weight is 349 g/mol. The lowest BCUT2D eigenvalue weighted by atomic mass is 10.1. The van der Waals surface area contributed by atoms with Crippen LogP contribution in [-0.2, 0) is 21.1 Å². The van der Waals surface area contributed by atoms with E-state index in [-0.39, 0.29) is 29.1 Å². The zero-order chi connectivity index (χ0) is 17.9. The van der Waals surface area contributed by atoms with Gasteiger partial charge < -0.3 is 4.90 Å². The zero-order valence-corrected chi connectivity index (χ0v) is 14.7. The lowest BCUT2D eigenvalue weighted by Gasteiger charge is -2.25. The molecule has 0 bridgehead atoms. The van der Waals surface area contributed by atoms with Crippen molar-refractivity contribution in [3.05, 3.63) is 65.5 Å². The van der Waals surface area contributed by atoms with E-state index in [4.69, 9.17) is 0 Å². The van der Waals surface area contributed by atoms with E-state index in [0.29, 0.717) is 5.56 Å². The van der Waals surface area contributed by atoms with Gasteiger partial charge in [0.15, 0.2) is 9.84 Å². The molecule has 0 saturated heterocycles. The summed E-state index contributed by atoms with van der Waals surface area (Å²) in [7, 11) is -1.57. The van der Waals surface area contributed by atoms with Crippen molar-refractivity contribution in [1.82, 2.24) is 4.90 Å². The fraction of sp³-hybridized carbons (Fsp3) is 0.278. The molecule has 0 fully saturated rings. The van der Waals surface area contributed by atoms with Crippen LogP contribution in [0.25, 0.3) is 0 Å². The van der Waals surface area contributed by atoms with Crippen LogP contribution in [0.3, 0.4) is 0 Å². The van der Waals surface area contributed by atoms with Crippen LogP contribution in [0.2, 0.25) is 0 Å². The minimum Gasteiger partial charge on any atom is -0.339 e. The van der Waals surface area contributed by atoms with Gasteiger partial charge in [-0.25, -0.2) is 12.8 Å². The van der Waals surface area contributed by atoms with Crippen LogP contribution in [0.4, 0.5) is 4.39 Å². The molecule has 1 atom stereocenters. The van der Waals surface area contributed by atoms with Crippen LogP contribution in [-0.4, -0.2) is 32.5 Å². The molecule has 0 N–H and O–H groups in total. The van der Waals surface area contributed by atoms with Crippen LogP contribution in [0, 0.1) is 5.82 Å². The lowest BCUT2D eigenvalue weighted by Crippen LogP contribution is -2.31. The van der Waals surface area contributed by atoms with E-state index in [1.54, 1.807) is 36.2 Å². The number of sulfone groups is 1. The molecule has 0 aromatic heterocycles. The molecule has 0 heterocycles. The number of amides is 1. The number of halogens is 1. The van der Waals surface area contributed by atoms with Crippen molar-refractivity contribution in [3.63, 3.8) is 0 Å². The van der Waals surface area contributed by atoms with Crippen molar-refractivity contribution in [1.29, 1.82) is 0 Å². The van der Waals surface area contributed by atoms with Crippen molar-refractivity contribution < 1.29 is 17.6 Å². The highest BCUT2D eigenvalue weighted by Gasteiger charge is 2.18. The molecule has 0 aliphatic carbocycles. The first-order chi connectivity index (χ1) is 11.2. The van der Waals surface area contributed by atoms with Crippen LogP contribution >= 0.6 is 0 Å². The smallest absolute Gasteiger partial charge is 0.227 e. The molecule has 0 saturated carbocycles. The number of nitrogens with zero attached hydrogens (tertiary/aromatic N) is 1. The molecule has 4 nitrogen and oxygen atoms in total. The second-order valence-corrected chi connectivity index (χ2v) is 7.84. The summed E-state index contributed by atoms with van der Waals surface area (Å²) in [6.45, 7) is 1.86. The van der Waals surface area contributed by atoms with Crippen molar-refractivity contribution in [2.24, 2.45) is 0 Å². The summed E-state index contributed by atoms with van der Waals surface area (Å²) in [5.41, 5.74) is 1.45. The van der Waals surface area contributed by atoms with Gasteiger partial charge in [-0.05, 0) is 42.3 Å². The Morgan fingerprint density at radius 1 is 1.17 bits per heavy atom. The minimum atomic E-state index is -3.24. The van der Waals surface area contributed by atoms with Crippen LogP contribution < -0.4 is 0 Å². The fourth-order valence-corrected chi connectivity index (χ4v) is 3.01. The largest absolute Gasteiger partial charge is 0.339 e. The molecule has 24 heavy (non-hydrogen) atoms. The van der Waals surface area contributed by atoms with Gasteiger partial charge in [-0.3, -0.25) is 4.79 Å². The van der Waals surface area contributed by atoms with Crippen molar-refractivity contribution in [3.8, 4) is 0 Å². The molecule has 0 aliphatic heterocycles. The molecule has 6 heteroatoms. The monoisotopic (exact) mass is 349 g/mol. The third-order valence-corrected chi connectivity index (χ3v) is 5.14. The number of benzene rings is 2. The highest BCUT2D eigenvalue weighted by atomic mass is 32.2. The lowest BCUT2D eigenvalue weighted by molar-refractivity contribution is -0.131. The molecular formula is C18H20FNO3S. The van der Waals surface area contributed by atoms with Gasteiger partial charge in [-0.2, -0.15) is 0 Å². The Labute approximate surface area is 141 Å². The Morgan fingerprint density at radius 2 is 1.79 bits per heavy atom. The molecule has 2 rings (SSSR count). The second kappa shape index (κ2) is 7.13. The Hall–Kier alpha value is -2.21. The maximum absolute atomic E-state index is 13.2. The summed E-state index contributed by atoms with van der Waals surface area (Å²) in [5.74, 6) is -0.507. The van der Waals surface area contributed by atoms with Gasteiger partial charge in [-0.1, -0.05) is 24.3 Å². The normalized spacial score (nSPS) is 12.7. The third kappa shape index (κ3) is 4.41. The number of hydrogen-bond acceptors (Lipinski definition) is 3. The quantitative estimate of drug-likeness (QED) is 0.834. The molecule has 0 unspecified atom stereocenters. The van der Waals surface area contributed by atoms with Gasteiger partial charge in [0.1, 0.15) is 5.82 Å². The van der Waals surface area contributed by atoms with Gasteiger partial charge in [-0.15, -0.1) is 0 Å². The number of hydrogen-bond donors (Lipinski definition) is 0. The zero-order valence-electron chi connectivity index (χ0n) is 13.9. The maximum atomic E-state index is 13.2. The van der Waals surface area contributed by atoms with E-state index in [1.807, 2.05) is 6.92 Å². The highest BCUT2D eigenvalue weighted by molar-refractivity contribution is 7.90. The van der Waals surface area contributed by atoms with E-state index >= 15 is 0 Å². The summed E-state index contributed by atoms with van der Waals surface area (Å²) in [4.78, 5) is 14.2. The minimum absolute atomic E-state index is 0.111. The molecule has 0 radical (unpaired) electrons. The number of rotatable bonds is 5. The molecule has 128 valence electrons. The fourth-order valence-electron chi connectivity index (χ4n) is 2.38. The summed E-state index contributed by atoms with van der Waals surface area (Å²) >= 11 is 0. The summed E-state index contributed by atoms with van der Waals surface area (Å²) < 4.78 is 36.2. The van der Waals surface area contributed by atoms with Gasteiger partial charge in [0.25, 0.3) is 0 Å². The Morgan fingerprint density at radius 3 is 2.33 bits per heavy atom. The van der Waals surface area contributed by atoms with Crippen molar-refractivity contribution >= 4 is 15.7 Å². The van der Waals surface area contributed by atoms with Crippen molar-refractivity contribution in [2.75, 3.05) is 13.3 Å². The predicted octanol–water partition coefficient (Wildman–Crippen LogP) is 2.99. The molecule has 1 amide bonds. The molecular weight excluding hydrogens is 329 g/mol. The number of likely N-dealkylation sites (N-methyl/N-ethyl adjacent to an activating group) is 1. The van der Waals surface area contributed by atoms with Crippen molar-refractivity contribution in [2.45, 2.75) is 24.3 Å². The van der Waals surface area contributed by atoms with Crippen LogP contribution in [0.5, 0.6) is 0 Å². The van der Waals surface area contributed by atoms with Crippen LogP contribution in [0.1, 0.15) is 24.1 Å². The van der Waals surface area contributed by atoms with E-state index in [9.17, 15) is 17.6 Å². The first kappa shape index (κ1) is 18.1. The number of carbonyl (C=O) groups excluding carboxylic acids is 1. The number of carbonyl (C=O) groups is 1. The predicted molar refractivity (Wildman–Crippen MR) is 90.8 cm³/mol. The summed E-state index contributed by atoms with van der Waals surface area (Å²) in [6, 6.07) is 12.2. The van der Waals surface area contributed by atoms with Crippen LogP contribution in [0.15, 0.2) is 53.4 Å². The standard InChI is InChI=1S/C18H20FNO3S/c1-13(15-7-9-17(10-8-15)24(3,22)23)20(2)18(21)12-14-5-4-6-16(19)11-14/h4-11,13H,12H2,1-3H3/t13-/m0/s1. The summed E-state index contributed by atoms with van der Waals surface area (Å²) in [5, 5.41) is 0. The second-order valence-electron chi connectivity index (χ2n) is 5.83. The SMILES string of the molecule is C[C@@H](c1ccc(S(C)(=O)=O)cc1)N(C)C(=O)Cc1cccc(F)c1. The van der Waals surface area contributed by atoms with E-state index in [2.05, 4.69) is 0 Å². The van der Waals surface area contributed by atoms with Gasteiger partial charge in [0, 0.05) is 13.3 Å². The van der Waals surface area contributed by atoms with E-state index in [1.165, 1.54) is 24.3 Å². The molecule has 2 aromatic carbocycles. The van der Waals surface area contributed by atoms with E-state index in [0.717, 1.165) is 11.8 Å². The van der Waals surface area contributed by atoms with E-state index < -0.39 is 9.84 Å². The van der Waals surface area contributed by atoms with Gasteiger partial charge >= 0.3 is 0 Å². The highest BCUT2D eigenvalue weighted by Crippen LogP contribution is 2.21.